The first-order valence-electron chi connectivity index (χ1n) is 5.14. The quantitative estimate of drug-likeness (QED) is 0.700. The highest BCUT2D eigenvalue weighted by atomic mass is 79.9. The van der Waals surface area contributed by atoms with Crippen LogP contribution in [0.3, 0.4) is 0 Å². The summed E-state index contributed by atoms with van der Waals surface area (Å²) in [5.74, 6) is -0.237. The minimum absolute atomic E-state index is 0.237. The van der Waals surface area contributed by atoms with E-state index < -0.39 is 0 Å². The molecule has 2 rings (SSSR count). The van der Waals surface area contributed by atoms with Crippen LogP contribution in [0.4, 0.5) is 4.39 Å². The van der Waals surface area contributed by atoms with Gasteiger partial charge < -0.3 is 4.42 Å². The van der Waals surface area contributed by atoms with Crippen molar-refractivity contribution >= 4 is 27.5 Å². The molecule has 0 bridgehead atoms. The molecule has 2 aromatic rings. The van der Waals surface area contributed by atoms with Gasteiger partial charge in [0.25, 0.3) is 0 Å². The van der Waals surface area contributed by atoms with E-state index in [0.717, 1.165) is 22.3 Å². The molecule has 90 valence electrons. The summed E-state index contributed by atoms with van der Waals surface area (Å²) >= 11 is 9.73. The Morgan fingerprint density at radius 3 is 2.35 bits per heavy atom. The fourth-order valence-electron chi connectivity index (χ4n) is 1.96. The largest absolute Gasteiger partial charge is 0.457 e. The van der Waals surface area contributed by atoms with Gasteiger partial charge in [-0.3, -0.25) is 0 Å². The highest BCUT2D eigenvalue weighted by Crippen LogP contribution is 2.37. The lowest BCUT2D eigenvalue weighted by molar-refractivity contribution is 0.537. The van der Waals surface area contributed by atoms with Crippen LogP contribution in [0, 0.1) is 19.7 Å². The smallest absolute Gasteiger partial charge is 0.173 e. The van der Waals surface area contributed by atoms with E-state index in [1.807, 2.05) is 19.9 Å². The Morgan fingerprint density at radius 1 is 1.29 bits per heavy atom. The van der Waals surface area contributed by atoms with Crippen molar-refractivity contribution in [2.75, 3.05) is 0 Å². The number of aryl methyl sites for hydroxylation is 2. The van der Waals surface area contributed by atoms with Gasteiger partial charge in [-0.1, -0.05) is 0 Å². The maximum Gasteiger partial charge on any atom is 0.173 e. The van der Waals surface area contributed by atoms with Gasteiger partial charge in [0, 0.05) is 5.56 Å². The van der Waals surface area contributed by atoms with E-state index in [2.05, 4.69) is 15.9 Å². The van der Waals surface area contributed by atoms with Gasteiger partial charge in [-0.05, 0) is 64.7 Å². The molecule has 0 radical (unpaired) electrons. The first-order valence-corrected chi connectivity index (χ1v) is 6.37. The lowest BCUT2D eigenvalue weighted by Crippen LogP contribution is -2.00. The van der Waals surface area contributed by atoms with E-state index in [0.29, 0.717) is 4.67 Å². The summed E-state index contributed by atoms with van der Waals surface area (Å²) in [4.78, 5) is 0. The van der Waals surface area contributed by atoms with Gasteiger partial charge in [0.05, 0.1) is 11.6 Å². The molecule has 0 N–H and O–H groups in total. The van der Waals surface area contributed by atoms with Crippen molar-refractivity contribution in [1.82, 2.24) is 0 Å². The summed E-state index contributed by atoms with van der Waals surface area (Å²) in [7, 11) is 0. The predicted octanol–water partition coefficient (Wildman–Crippen LogP) is 5.13. The Morgan fingerprint density at radius 2 is 1.88 bits per heavy atom. The summed E-state index contributed by atoms with van der Waals surface area (Å²) in [5, 5.41) is -0.344. The Kier molecular flexibility index (Phi) is 3.59. The minimum Gasteiger partial charge on any atom is -0.457 e. The normalized spacial score (nSPS) is 12.8. The van der Waals surface area contributed by atoms with E-state index in [4.69, 9.17) is 16.0 Å². The van der Waals surface area contributed by atoms with Crippen molar-refractivity contribution in [3.8, 4) is 0 Å². The summed E-state index contributed by atoms with van der Waals surface area (Å²) in [6.45, 7) is 3.71. The van der Waals surface area contributed by atoms with Crippen molar-refractivity contribution in [3.05, 3.63) is 57.2 Å². The van der Waals surface area contributed by atoms with Crippen LogP contribution in [0.5, 0.6) is 0 Å². The van der Waals surface area contributed by atoms with Crippen LogP contribution < -0.4 is 0 Å². The van der Waals surface area contributed by atoms with Gasteiger partial charge in [0.2, 0.25) is 0 Å². The van der Waals surface area contributed by atoms with Gasteiger partial charge in [0.1, 0.15) is 5.82 Å². The number of halogens is 3. The van der Waals surface area contributed by atoms with Gasteiger partial charge in [-0.2, -0.15) is 0 Å². The monoisotopic (exact) mass is 316 g/mol. The summed E-state index contributed by atoms with van der Waals surface area (Å²) in [5.41, 5.74) is 3.46. The molecular formula is C13H11BrClFO. The first kappa shape index (κ1) is 12.7. The third-order valence-electron chi connectivity index (χ3n) is 2.73. The second kappa shape index (κ2) is 4.83. The average Bonchev–Trinajstić information content (AvgIpc) is 2.62. The van der Waals surface area contributed by atoms with E-state index in [1.165, 1.54) is 12.1 Å². The van der Waals surface area contributed by atoms with Crippen molar-refractivity contribution in [3.63, 3.8) is 0 Å². The van der Waals surface area contributed by atoms with Crippen LogP contribution in [-0.4, -0.2) is 0 Å². The molecule has 1 aromatic heterocycles. The number of benzene rings is 1. The Balaban J connectivity index is 2.51. The molecule has 0 aliphatic heterocycles. The molecule has 1 heterocycles. The van der Waals surface area contributed by atoms with Gasteiger partial charge in [-0.15, -0.1) is 11.6 Å². The van der Waals surface area contributed by atoms with Crippen LogP contribution in [-0.2, 0) is 0 Å². The van der Waals surface area contributed by atoms with Crippen molar-refractivity contribution < 1.29 is 8.81 Å². The molecule has 0 saturated carbocycles. The maximum atomic E-state index is 13.2. The van der Waals surface area contributed by atoms with E-state index in [-0.39, 0.29) is 11.2 Å². The number of hydrogen-bond donors (Lipinski definition) is 0. The minimum atomic E-state index is -0.344. The first-order chi connectivity index (χ1) is 8.00. The predicted molar refractivity (Wildman–Crippen MR) is 70.0 cm³/mol. The van der Waals surface area contributed by atoms with Crippen LogP contribution in [0.15, 0.2) is 33.5 Å². The number of furan rings is 1. The molecule has 0 spiro atoms. The third-order valence-corrected chi connectivity index (χ3v) is 3.83. The van der Waals surface area contributed by atoms with E-state index >= 15 is 0 Å². The summed E-state index contributed by atoms with van der Waals surface area (Å²) < 4.78 is 19.0. The molecule has 17 heavy (non-hydrogen) atoms. The molecular weight excluding hydrogens is 306 g/mol. The summed E-state index contributed by atoms with van der Waals surface area (Å²) in [6, 6.07) is 4.79. The Bertz CT molecular complexity index is 527. The standard InChI is InChI=1S/C13H11BrClFO/c1-7-5-9(16)6-8(2)11(7)12(15)10-3-4-17-13(10)14/h3-6,12H,1-2H3. The van der Waals surface area contributed by atoms with Crippen LogP contribution in [0.25, 0.3) is 0 Å². The second-order valence-corrected chi connectivity index (χ2v) is 5.12. The van der Waals surface area contributed by atoms with Crippen LogP contribution in [0.2, 0.25) is 0 Å². The van der Waals surface area contributed by atoms with Gasteiger partial charge in [0.15, 0.2) is 4.67 Å². The second-order valence-electron chi connectivity index (χ2n) is 3.97. The zero-order valence-electron chi connectivity index (χ0n) is 9.43. The fraction of sp³-hybridized carbons (Fsp3) is 0.231. The van der Waals surface area contributed by atoms with E-state index in [1.54, 1.807) is 6.26 Å². The average molecular weight is 318 g/mol. The zero-order chi connectivity index (χ0) is 12.6. The molecule has 0 saturated heterocycles. The van der Waals surface area contributed by atoms with Crippen molar-refractivity contribution in [1.29, 1.82) is 0 Å². The molecule has 1 atom stereocenters. The molecule has 0 amide bonds. The summed E-state index contributed by atoms with van der Waals surface area (Å²) in [6.07, 6.45) is 1.57. The molecule has 0 aliphatic rings. The van der Waals surface area contributed by atoms with E-state index in [9.17, 15) is 4.39 Å². The highest BCUT2D eigenvalue weighted by Gasteiger charge is 2.20. The molecule has 4 heteroatoms. The Labute approximate surface area is 113 Å². The molecule has 0 aliphatic carbocycles. The van der Waals surface area contributed by atoms with Crippen molar-refractivity contribution in [2.24, 2.45) is 0 Å². The van der Waals surface area contributed by atoms with Crippen LogP contribution in [0.1, 0.15) is 27.6 Å². The topological polar surface area (TPSA) is 13.1 Å². The SMILES string of the molecule is Cc1cc(F)cc(C)c1C(Cl)c1ccoc1Br. The number of hydrogen-bond acceptors (Lipinski definition) is 1. The van der Waals surface area contributed by atoms with Crippen LogP contribution >= 0.6 is 27.5 Å². The number of rotatable bonds is 2. The van der Waals surface area contributed by atoms with Crippen molar-refractivity contribution in [2.45, 2.75) is 19.2 Å². The molecule has 1 aromatic carbocycles. The molecule has 1 nitrogen and oxygen atoms in total. The third kappa shape index (κ3) is 2.40. The molecule has 1 unspecified atom stereocenters. The fourth-order valence-corrected chi connectivity index (χ4v) is 3.08. The number of alkyl halides is 1. The maximum absolute atomic E-state index is 13.2. The lowest BCUT2D eigenvalue weighted by Gasteiger charge is -2.15. The molecule has 0 fully saturated rings. The van der Waals surface area contributed by atoms with Gasteiger partial charge in [-0.25, -0.2) is 4.39 Å². The van der Waals surface area contributed by atoms with Gasteiger partial charge >= 0.3 is 0 Å². The zero-order valence-corrected chi connectivity index (χ0v) is 11.8. The lowest BCUT2D eigenvalue weighted by atomic mass is 9.97. The Hall–Kier alpha value is -0.800. The highest BCUT2D eigenvalue weighted by molar-refractivity contribution is 9.10.